The van der Waals surface area contributed by atoms with Crippen LogP contribution < -0.4 is 15.7 Å². The third kappa shape index (κ3) is 3.42. The molecule has 1 heterocycles. The van der Waals surface area contributed by atoms with Gasteiger partial charge in [-0.3, -0.25) is 13.9 Å². The number of rotatable bonds is 6. The van der Waals surface area contributed by atoms with Gasteiger partial charge in [-0.25, -0.2) is 4.79 Å². The lowest BCUT2D eigenvalue weighted by Gasteiger charge is -2.07. The molecule has 0 aliphatic heterocycles. The monoisotopic (exact) mass is 339 g/mol. The van der Waals surface area contributed by atoms with Crippen molar-refractivity contribution in [1.29, 1.82) is 0 Å². The molecule has 25 heavy (non-hydrogen) atoms. The van der Waals surface area contributed by atoms with Gasteiger partial charge in [-0.05, 0) is 30.7 Å². The number of methoxy groups -OCH3 is 1. The van der Waals surface area contributed by atoms with Crippen LogP contribution in [0.1, 0.15) is 13.3 Å². The highest BCUT2D eigenvalue weighted by atomic mass is 16.5. The highest BCUT2D eigenvalue weighted by Crippen LogP contribution is 2.17. The fraction of sp³-hybridized carbons (Fsp3) is 0.263. The van der Waals surface area contributed by atoms with E-state index in [1.807, 2.05) is 31.2 Å². The predicted molar refractivity (Wildman–Crippen MR) is 98.1 cm³/mol. The Morgan fingerprint density at radius 2 is 1.80 bits per heavy atom. The van der Waals surface area contributed by atoms with Crippen molar-refractivity contribution in [3.63, 3.8) is 0 Å². The number of amides is 1. The second-order valence-corrected chi connectivity index (χ2v) is 5.79. The molecule has 3 rings (SSSR count). The number of fused-ring (bicyclic) bond motifs is 1. The van der Waals surface area contributed by atoms with Gasteiger partial charge in [0, 0.05) is 18.3 Å². The van der Waals surface area contributed by atoms with Gasteiger partial charge in [0.05, 0.1) is 18.1 Å². The summed E-state index contributed by atoms with van der Waals surface area (Å²) in [6.45, 7) is 2.62. The van der Waals surface area contributed by atoms with E-state index in [0.717, 1.165) is 17.5 Å². The topological polar surface area (TPSA) is 65.3 Å². The number of nitrogens with one attached hydrogen (secondary N) is 1. The molecule has 0 bridgehead atoms. The average Bonchev–Trinajstić information content (AvgIpc) is 2.88. The summed E-state index contributed by atoms with van der Waals surface area (Å²) in [4.78, 5) is 25.1. The van der Waals surface area contributed by atoms with Crippen LogP contribution in [0.25, 0.3) is 11.0 Å². The van der Waals surface area contributed by atoms with Crippen LogP contribution in [0.2, 0.25) is 0 Å². The third-order valence-corrected chi connectivity index (χ3v) is 4.03. The molecule has 2 aromatic carbocycles. The van der Waals surface area contributed by atoms with Crippen molar-refractivity contribution < 1.29 is 9.53 Å². The molecule has 0 unspecified atom stereocenters. The summed E-state index contributed by atoms with van der Waals surface area (Å²) in [7, 11) is 1.57. The van der Waals surface area contributed by atoms with E-state index in [-0.39, 0.29) is 18.1 Å². The molecule has 0 radical (unpaired) electrons. The van der Waals surface area contributed by atoms with Gasteiger partial charge in [0.25, 0.3) is 0 Å². The molecule has 1 amide bonds. The van der Waals surface area contributed by atoms with Crippen molar-refractivity contribution in [3.8, 4) is 5.75 Å². The third-order valence-electron chi connectivity index (χ3n) is 4.03. The van der Waals surface area contributed by atoms with Crippen LogP contribution in [0, 0.1) is 0 Å². The number of aryl methyl sites for hydroxylation is 1. The number of carbonyl (C=O) groups is 1. The Morgan fingerprint density at radius 3 is 2.48 bits per heavy atom. The first-order chi connectivity index (χ1) is 12.1. The number of imidazole rings is 1. The Hall–Kier alpha value is -3.02. The maximum atomic E-state index is 12.7. The second kappa shape index (κ2) is 7.25. The van der Waals surface area contributed by atoms with Crippen LogP contribution in [-0.4, -0.2) is 22.2 Å². The molecular weight excluding hydrogens is 318 g/mol. The lowest BCUT2D eigenvalue weighted by atomic mass is 10.3. The standard InChI is InChI=1S/C19H21N3O3/c1-3-11-21-16-9-4-5-10-17(16)22(19(21)24)13-18(23)20-14-7-6-8-15(12-14)25-2/h4-10,12H,3,11,13H2,1-2H3,(H,20,23). The van der Waals surface area contributed by atoms with Crippen molar-refractivity contribution in [2.24, 2.45) is 0 Å². The molecule has 6 heteroatoms. The van der Waals surface area contributed by atoms with E-state index in [1.54, 1.807) is 35.9 Å². The van der Waals surface area contributed by atoms with Gasteiger partial charge < -0.3 is 10.1 Å². The fourth-order valence-corrected chi connectivity index (χ4v) is 2.91. The first-order valence-corrected chi connectivity index (χ1v) is 8.26. The lowest BCUT2D eigenvalue weighted by molar-refractivity contribution is -0.116. The summed E-state index contributed by atoms with van der Waals surface area (Å²) in [5.74, 6) is 0.407. The molecule has 0 fully saturated rings. The summed E-state index contributed by atoms with van der Waals surface area (Å²) >= 11 is 0. The van der Waals surface area contributed by atoms with Crippen LogP contribution >= 0.6 is 0 Å². The number of hydrogen-bond donors (Lipinski definition) is 1. The van der Waals surface area contributed by atoms with E-state index in [9.17, 15) is 9.59 Å². The van der Waals surface area contributed by atoms with Gasteiger partial charge >= 0.3 is 5.69 Å². The zero-order valence-corrected chi connectivity index (χ0v) is 14.4. The number of benzene rings is 2. The summed E-state index contributed by atoms with van der Waals surface area (Å²) in [6, 6.07) is 14.7. The molecule has 130 valence electrons. The van der Waals surface area contributed by atoms with Crippen LogP contribution in [0.5, 0.6) is 5.75 Å². The minimum atomic E-state index is -0.255. The number of anilines is 1. The van der Waals surface area contributed by atoms with Gasteiger partial charge in [0.15, 0.2) is 0 Å². The molecule has 0 aliphatic carbocycles. The number of hydrogen-bond acceptors (Lipinski definition) is 3. The average molecular weight is 339 g/mol. The first-order valence-electron chi connectivity index (χ1n) is 8.26. The number of aromatic nitrogens is 2. The maximum absolute atomic E-state index is 12.7. The molecule has 0 saturated heterocycles. The van der Waals surface area contributed by atoms with E-state index in [2.05, 4.69) is 5.32 Å². The molecule has 0 aliphatic rings. The van der Waals surface area contributed by atoms with Crippen molar-refractivity contribution in [3.05, 3.63) is 59.0 Å². The Bertz CT molecular complexity index is 956. The summed E-state index contributed by atoms with van der Waals surface area (Å²) in [5.41, 5.74) is 2.09. The number of carbonyl (C=O) groups excluding carboxylic acids is 1. The van der Waals surface area contributed by atoms with E-state index in [0.29, 0.717) is 18.0 Å². The first kappa shape index (κ1) is 16.8. The summed E-state index contributed by atoms with van der Waals surface area (Å²) in [5, 5.41) is 2.81. The van der Waals surface area contributed by atoms with Crippen molar-refractivity contribution in [2.75, 3.05) is 12.4 Å². The van der Waals surface area contributed by atoms with E-state index >= 15 is 0 Å². The predicted octanol–water partition coefficient (Wildman–Crippen LogP) is 2.86. The Labute approximate surface area is 145 Å². The lowest BCUT2D eigenvalue weighted by Crippen LogP contribution is -2.29. The van der Waals surface area contributed by atoms with Crippen LogP contribution in [0.3, 0.4) is 0 Å². The summed E-state index contributed by atoms with van der Waals surface area (Å²) < 4.78 is 8.38. The second-order valence-electron chi connectivity index (χ2n) is 5.79. The quantitative estimate of drug-likeness (QED) is 0.751. The van der Waals surface area contributed by atoms with Crippen LogP contribution in [-0.2, 0) is 17.9 Å². The van der Waals surface area contributed by atoms with Gasteiger partial charge in [-0.1, -0.05) is 25.1 Å². The SMILES string of the molecule is CCCn1c(=O)n(CC(=O)Nc2cccc(OC)c2)c2ccccc21. The zero-order chi connectivity index (χ0) is 17.8. The van der Waals surface area contributed by atoms with E-state index < -0.39 is 0 Å². The summed E-state index contributed by atoms with van der Waals surface area (Å²) in [6.07, 6.45) is 0.851. The maximum Gasteiger partial charge on any atom is 0.329 e. The van der Waals surface area contributed by atoms with Gasteiger partial charge in [0.1, 0.15) is 12.3 Å². The number of ether oxygens (including phenoxy) is 1. The molecule has 6 nitrogen and oxygen atoms in total. The molecule has 1 N–H and O–H groups in total. The van der Waals surface area contributed by atoms with Crippen LogP contribution in [0.15, 0.2) is 53.3 Å². The van der Waals surface area contributed by atoms with Gasteiger partial charge in [0.2, 0.25) is 5.91 Å². The minimum absolute atomic E-state index is 0.0345. The zero-order valence-electron chi connectivity index (χ0n) is 14.4. The van der Waals surface area contributed by atoms with Crippen LogP contribution in [0.4, 0.5) is 5.69 Å². The number of nitrogens with zero attached hydrogens (tertiary/aromatic N) is 2. The fourth-order valence-electron chi connectivity index (χ4n) is 2.91. The minimum Gasteiger partial charge on any atom is -0.497 e. The smallest absolute Gasteiger partial charge is 0.329 e. The van der Waals surface area contributed by atoms with Crippen molar-refractivity contribution >= 4 is 22.6 Å². The largest absolute Gasteiger partial charge is 0.497 e. The molecule has 3 aromatic rings. The highest BCUT2D eigenvalue weighted by Gasteiger charge is 2.15. The van der Waals surface area contributed by atoms with Gasteiger partial charge in [-0.2, -0.15) is 0 Å². The van der Waals surface area contributed by atoms with Crippen molar-refractivity contribution in [1.82, 2.24) is 9.13 Å². The van der Waals surface area contributed by atoms with Crippen molar-refractivity contribution in [2.45, 2.75) is 26.4 Å². The Morgan fingerprint density at radius 1 is 1.08 bits per heavy atom. The van der Waals surface area contributed by atoms with Gasteiger partial charge in [-0.15, -0.1) is 0 Å². The number of para-hydroxylation sites is 2. The molecule has 0 saturated carbocycles. The molecule has 1 aromatic heterocycles. The van der Waals surface area contributed by atoms with E-state index in [4.69, 9.17) is 4.74 Å². The molecular formula is C19H21N3O3. The van der Waals surface area contributed by atoms with E-state index in [1.165, 1.54) is 4.57 Å². The Balaban J connectivity index is 1.88. The Kier molecular flexibility index (Phi) is 4.88. The highest BCUT2D eigenvalue weighted by molar-refractivity contribution is 5.91. The normalized spacial score (nSPS) is 10.8. The molecule has 0 spiro atoms. The molecule has 0 atom stereocenters.